The van der Waals surface area contributed by atoms with Crippen molar-refractivity contribution in [3.8, 4) is 0 Å². The van der Waals surface area contributed by atoms with Crippen molar-refractivity contribution >= 4 is 17.6 Å². The highest BCUT2D eigenvalue weighted by Crippen LogP contribution is 2.14. The normalized spacial score (nSPS) is 15.9. The van der Waals surface area contributed by atoms with E-state index in [2.05, 4.69) is 29.2 Å². The number of urea groups is 1. The van der Waals surface area contributed by atoms with Crippen LogP contribution in [0.1, 0.15) is 12.0 Å². The number of hydrogen-bond acceptors (Lipinski definition) is 3. The molecule has 2 amide bonds. The van der Waals surface area contributed by atoms with Gasteiger partial charge in [-0.15, -0.1) is 0 Å². The molecule has 1 saturated heterocycles. The predicted octanol–water partition coefficient (Wildman–Crippen LogP) is 2.12. The summed E-state index contributed by atoms with van der Waals surface area (Å²) < 4.78 is 0. The third-order valence-corrected chi connectivity index (χ3v) is 4.50. The topological polar surface area (TPSA) is 38.8 Å². The fourth-order valence-corrected chi connectivity index (χ4v) is 2.91. The van der Waals surface area contributed by atoms with Gasteiger partial charge in [-0.3, -0.25) is 4.90 Å². The first-order chi connectivity index (χ1) is 11.1. The molecule has 2 rings (SSSR count). The van der Waals surface area contributed by atoms with Crippen LogP contribution in [-0.2, 0) is 6.54 Å². The van der Waals surface area contributed by atoms with E-state index in [-0.39, 0.29) is 6.03 Å². The molecule has 1 aromatic rings. The number of rotatable bonds is 6. The molecule has 0 bridgehead atoms. The average molecular weight is 339 g/mol. The maximum absolute atomic E-state index is 12.2. The van der Waals surface area contributed by atoms with Gasteiger partial charge < -0.3 is 15.1 Å². The molecule has 1 heterocycles. The van der Waals surface area contributed by atoms with Crippen LogP contribution in [0.15, 0.2) is 24.3 Å². The van der Waals surface area contributed by atoms with Gasteiger partial charge in [-0.1, -0.05) is 29.8 Å². The number of carbonyl (C=O) groups excluding carboxylic acids is 1. The molecule has 6 heteroatoms. The van der Waals surface area contributed by atoms with Crippen molar-refractivity contribution in [1.82, 2.24) is 20.0 Å². The Morgan fingerprint density at radius 2 is 1.91 bits per heavy atom. The van der Waals surface area contributed by atoms with Crippen molar-refractivity contribution in [1.29, 1.82) is 0 Å². The zero-order valence-electron chi connectivity index (χ0n) is 14.1. The van der Waals surface area contributed by atoms with E-state index in [1.54, 1.807) is 0 Å². The molecule has 0 saturated carbocycles. The van der Waals surface area contributed by atoms with Gasteiger partial charge >= 0.3 is 6.03 Å². The molecule has 5 nitrogen and oxygen atoms in total. The number of benzene rings is 1. The minimum atomic E-state index is -0.00198. The zero-order valence-corrected chi connectivity index (χ0v) is 14.9. The highest BCUT2D eigenvalue weighted by Gasteiger charge is 2.20. The van der Waals surface area contributed by atoms with Crippen molar-refractivity contribution in [3.63, 3.8) is 0 Å². The molecule has 0 unspecified atom stereocenters. The minimum Gasteiger partial charge on any atom is -0.334 e. The van der Waals surface area contributed by atoms with E-state index < -0.39 is 0 Å². The van der Waals surface area contributed by atoms with Crippen LogP contribution >= 0.6 is 11.6 Å². The molecule has 0 spiro atoms. The number of piperazine rings is 1. The van der Waals surface area contributed by atoms with Crippen LogP contribution in [0, 0.1) is 0 Å². The quantitative estimate of drug-likeness (QED) is 0.863. The van der Waals surface area contributed by atoms with Gasteiger partial charge in [0, 0.05) is 37.7 Å². The molecule has 0 aliphatic carbocycles. The molecule has 23 heavy (non-hydrogen) atoms. The smallest absolute Gasteiger partial charge is 0.317 e. The van der Waals surface area contributed by atoms with Gasteiger partial charge in [-0.05, 0) is 45.2 Å². The Hall–Kier alpha value is -1.30. The summed E-state index contributed by atoms with van der Waals surface area (Å²) in [7, 11) is 4.20. The van der Waals surface area contributed by atoms with E-state index in [0.29, 0.717) is 11.6 Å². The summed E-state index contributed by atoms with van der Waals surface area (Å²) in [5, 5.41) is 3.65. The van der Waals surface area contributed by atoms with E-state index in [9.17, 15) is 4.79 Å². The van der Waals surface area contributed by atoms with Gasteiger partial charge in [-0.2, -0.15) is 0 Å². The van der Waals surface area contributed by atoms with Crippen molar-refractivity contribution in [3.05, 3.63) is 34.9 Å². The van der Waals surface area contributed by atoms with Crippen LogP contribution in [0.3, 0.4) is 0 Å². The molecule has 0 atom stereocenters. The molecular formula is C17H27ClN4O. The number of nitrogens with zero attached hydrogens (tertiary/aromatic N) is 3. The molecule has 1 aromatic carbocycles. The molecule has 0 aromatic heterocycles. The van der Waals surface area contributed by atoms with Gasteiger partial charge in [0.05, 0.1) is 0 Å². The average Bonchev–Trinajstić information content (AvgIpc) is 2.54. The minimum absolute atomic E-state index is 0.00198. The van der Waals surface area contributed by atoms with Gasteiger partial charge in [0.15, 0.2) is 0 Å². The van der Waals surface area contributed by atoms with Crippen LogP contribution in [-0.4, -0.2) is 74.1 Å². The summed E-state index contributed by atoms with van der Waals surface area (Å²) in [6.07, 6.45) is 1.17. The fraction of sp³-hybridized carbons (Fsp3) is 0.588. The van der Waals surface area contributed by atoms with Crippen LogP contribution in [0.4, 0.5) is 4.79 Å². The molecule has 128 valence electrons. The van der Waals surface area contributed by atoms with E-state index in [4.69, 9.17) is 11.6 Å². The first-order valence-electron chi connectivity index (χ1n) is 8.19. The van der Waals surface area contributed by atoms with E-state index >= 15 is 0 Å². The lowest BCUT2D eigenvalue weighted by atomic mass is 10.2. The molecule has 1 N–H and O–H groups in total. The summed E-state index contributed by atoms with van der Waals surface area (Å²) in [6, 6.07) is 7.60. The number of nitrogens with one attached hydrogen (secondary N) is 1. The predicted molar refractivity (Wildman–Crippen MR) is 94.9 cm³/mol. The lowest BCUT2D eigenvalue weighted by Crippen LogP contribution is -2.51. The maximum atomic E-state index is 12.2. The molecule has 1 aliphatic rings. The number of halogens is 1. The standard InChI is InChI=1S/C17H27ClN4O/c1-20(2)8-5-9-21-10-12-22(13-11-21)17(23)19-14-15-6-3-4-7-16(15)18/h3-4,6-7H,5,8-14H2,1-2H3,(H,19,23). The van der Waals surface area contributed by atoms with Gasteiger partial charge in [0.1, 0.15) is 0 Å². The highest BCUT2D eigenvalue weighted by atomic mass is 35.5. The number of amides is 2. The number of carbonyl (C=O) groups is 1. The van der Waals surface area contributed by atoms with Crippen molar-refractivity contribution in [2.24, 2.45) is 0 Å². The second-order valence-electron chi connectivity index (χ2n) is 6.24. The van der Waals surface area contributed by atoms with Crippen molar-refractivity contribution in [2.45, 2.75) is 13.0 Å². The van der Waals surface area contributed by atoms with Gasteiger partial charge in [0.2, 0.25) is 0 Å². The molecule has 1 aliphatic heterocycles. The van der Waals surface area contributed by atoms with Crippen LogP contribution in [0.5, 0.6) is 0 Å². The Labute approximate surface area is 144 Å². The summed E-state index contributed by atoms with van der Waals surface area (Å²) in [6.45, 7) is 6.17. The third-order valence-electron chi connectivity index (χ3n) is 4.13. The monoisotopic (exact) mass is 338 g/mol. The summed E-state index contributed by atoms with van der Waals surface area (Å²) >= 11 is 6.11. The van der Waals surface area contributed by atoms with Crippen LogP contribution < -0.4 is 5.32 Å². The van der Waals surface area contributed by atoms with Crippen LogP contribution in [0.2, 0.25) is 5.02 Å². The van der Waals surface area contributed by atoms with E-state index in [1.165, 1.54) is 6.42 Å². The van der Waals surface area contributed by atoms with E-state index in [1.807, 2.05) is 29.2 Å². The van der Waals surface area contributed by atoms with Gasteiger partial charge in [0.25, 0.3) is 0 Å². The Kier molecular flexibility index (Phi) is 7.15. The molecule has 0 radical (unpaired) electrons. The fourth-order valence-electron chi connectivity index (χ4n) is 2.71. The summed E-state index contributed by atoms with van der Waals surface area (Å²) in [5.41, 5.74) is 0.949. The lowest BCUT2D eigenvalue weighted by molar-refractivity contribution is 0.136. The van der Waals surface area contributed by atoms with Crippen LogP contribution in [0.25, 0.3) is 0 Å². The zero-order chi connectivity index (χ0) is 16.7. The van der Waals surface area contributed by atoms with E-state index in [0.717, 1.165) is 44.8 Å². The Bertz CT molecular complexity index is 501. The Morgan fingerprint density at radius 3 is 2.57 bits per heavy atom. The number of hydrogen-bond donors (Lipinski definition) is 1. The first kappa shape index (κ1) is 18.0. The lowest BCUT2D eigenvalue weighted by Gasteiger charge is -2.34. The second-order valence-corrected chi connectivity index (χ2v) is 6.64. The summed E-state index contributed by atoms with van der Waals surface area (Å²) in [4.78, 5) is 18.8. The second kappa shape index (κ2) is 9.11. The summed E-state index contributed by atoms with van der Waals surface area (Å²) in [5.74, 6) is 0. The highest BCUT2D eigenvalue weighted by molar-refractivity contribution is 6.31. The Balaban J connectivity index is 1.68. The largest absolute Gasteiger partial charge is 0.334 e. The van der Waals surface area contributed by atoms with Crippen molar-refractivity contribution in [2.75, 3.05) is 53.4 Å². The van der Waals surface area contributed by atoms with Gasteiger partial charge in [-0.25, -0.2) is 4.79 Å². The SMILES string of the molecule is CN(C)CCCN1CCN(C(=O)NCc2ccccc2Cl)CC1. The third kappa shape index (κ3) is 6.01. The van der Waals surface area contributed by atoms with Crippen molar-refractivity contribution < 1.29 is 4.79 Å². The first-order valence-corrected chi connectivity index (χ1v) is 8.57. The Morgan fingerprint density at radius 1 is 1.22 bits per heavy atom. The maximum Gasteiger partial charge on any atom is 0.317 e. The molecule has 1 fully saturated rings. The molecular weight excluding hydrogens is 312 g/mol.